The number of benzene rings is 1. The molecule has 1 aliphatic heterocycles. The molecule has 0 bridgehead atoms. The number of carbonyl (C=O) groups is 2. The fourth-order valence-electron chi connectivity index (χ4n) is 3.54. The van der Waals surface area contributed by atoms with E-state index in [4.69, 9.17) is 4.74 Å². The number of sulfonamides is 1. The average molecular weight is 486 g/mol. The van der Waals surface area contributed by atoms with Crippen LogP contribution in [-0.2, 0) is 20.4 Å². The molecule has 3 N–H and O–H groups in total. The number of halogens is 1. The quantitative estimate of drug-likeness (QED) is 0.366. The largest absolute Gasteiger partial charge is 0.490 e. The van der Waals surface area contributed by atoms with Gasteiger partial charge in [0.25, 0.3) is 0 Å². The van der Waals surface area contributed by atoms with Crippen LogP contribution in [0.2, 0.25) is 0 Å². The minimum atomic E-state index is -3.68. The zero-order chi connectivity index (χ0) is 24.1. The summed E-state index contributed by atoms with van der Waals surface area (Å²) in [5.74, 6) is -0.506. The molecule has 1 heterocycles. The molecule has 184 valence electrons. The van der Waals surface area contributed by atoms with E-state index in [1.165, 1.54) is 23.1 Å². The highest BCUT2D eigenvalue weighted by molar-refractivity contribution is 7.89. The molecule has 3 amide bonds. The van der Waals surface area contributed by atoms with Crippen molar-refractivity contribution in [3.63, 3.8) is 0 Å². The topological polar surface area (TPSA) is 125 Å². The molecular formula is C22H32FN3O6S. The molecule has 2 aliphatic rings. The molecule has 0 radical (unpaired) electrons. The van der Waals surface area contributed by atoms with Crippen LogP contribution < -0.4 is 14.8 Å². The average Bonchev–Trinajstić information content (AvgIpc) is 3.60. The number of nitrogens with one attached hydrogen (secondary N) is 2. The molecule has 0 spiro atoms. The lowest BCUT2D eigenvalue weighted by molar-refractivity contribution is -0.121. The molecule has 9 nitrogen and oxygen atoms in total. The van der Waals surface area contributed by atoms with Gasteiger partial charge in [0.2, 0.25) is 15.9 Å². The molecule has 2 fully saturated rings. The molecule has 3 rings (SSSR count). The second-order valence-electron chi connectivity index (χ2n) is 8.72. The Morgan fingerprint density at radius 2 is 2.06 bits per heavy atom. The smallest absolute Gasteiger partial charge is 0.324 e. The van der Waals surface area contributed by atoms with E-state index < -0.39 is 27.5 Å². The number of urea groups is 1. The number of amides is 3. The molecule has 1 aliphatic carbocycles. The van der Waals surface area contributed by atoms with Crippen LogP contribution in [-0.4, -0.2) is 62.4 Å². The third kappa shape index (κ3) is 7.38. The van der Waals surface area contributed by atoms with Gasteiger partial charge in [0.1, 0.15) is 5.60 Å². The Morgan fingerprint density at radius 3 is 2.73 bits per heavy atom. The molecule has 33 heavy (non-hydrogen) atoms. The number of aliphatic hydroxyl groups is 1. The van der Waals surface area contributed by atoms with Crippen LogP contribution in [0.4, 0.5) is 9.18 Å². The summed E-state index contributed by atoms with van der Waals surface area (Å²) in [4.78, 5) is 24.3. The molecule has 1 aromatic rings. The van der Waals surface area contributed by atoms with E-state index in [-0.39, 0.29) is 36.8 Å². The van der Waals surface area contributed by atoms with Crippen molar-refractivity contribution in [1.82, 2.24) is 14.9 Å². The van der Waals surface area contributed by atoms with E-state index >= 15 is 0 Å². The van der Waals surface area contributed by atoms with E-state index in [0.717, 1.165) is 12.8 Å². The molecule has 1 unspecified atom stereocenters. The maximum absolute atomic E-state index is 14.1. The van der Waals surface area contributed by atoms with Gasteiger partial charge in [0.05, 0.1) is 12.4 Å². The van der Waals surface area contributed by atoms with Crippen molar-refractivity contribution < 1.29 is 32.2 Å². The van der Waals surface area contributed by atoms with Gasteiger partial charge in [-0.2, -0.15) is 0 Å². The molecule has 1 saturated carbocycles. The summed E-state index contributed by atoms with van der Waals surface area (Å²) in [6, 6.07) is 3.63. The first kappa shape index (κ1) is 25.4. The Morgan fingerprint density at radius 1 is 1.30 bits per heavy atom. The number of nitrogens with zero attached hydrogens (tertiary/aromatic N) is 1. The third-order valence-corrected chi connectivity index (χ3v) is 7.45. The standard InChI is InChI=1S/C22H32FN3O6S/c1-2-22(29,17-7-8-18(23)19(13-17)32-14-16-5-6-16)15-24-33(30,31)12-4-3-10-26-11-9-20(27)25-21(26)28/h7-8,13,16,24,29H,2-6,9-12,14-15H2,1H3,(H,25,27,28). The predicted molar refractivity (Wildman–Crippen MR) is 120 cm³/mol. The van der Waals surface area contributed by atoms with Crippen molar-refractivity contribution in [3.8, 4) is 5.75 Å². The van der Waals surface area contributed by atoms with Crippen LogP contribution in [0.5, 0.6) is 5.75 Å². The molecule has 1 aromatic carbocycles. The summed E-state index contributed by atoms with van der Waals surface area (Å²) in [6.45, 7) is 2.57. The van der Waals surface area contributed by atoms with Crippen molar-refractivity contribution in [2.45, 2.75) is 51.0 Å². The van der Waals surface area contributed by atoms with Gasteiger partial charge in [-0.1, -0.05) is 13.0 Å². The van der Waals surface area contributed by atoms with Crippen molar-refractivity contribution in [2.75, 3.05) is 32.0 Å². The zero-order valence-electron chi connectivity index (χ0n) is 18.8. The lowest BCUT2D eigenvalue weighted by Crippen LogP contribution is -2.49. The third-order valence-electron chi connectivity index (χ3n) is 6.04. The summed E-state index contributed by atoms with van der Waals surface area (Å²) < 4.78 is 47.0. The number of unbranched alkanes of at least 4 members (excludes halogenated alkanes) is 1. The van der Waals surface area contributed by atoms with Gasteiger partial charge in [-0.3, -0.25) is 10.1 Å². The number of imide groups is 1. The van der Waals surface area contributed by atoms with Crippen LogP contribution in [0.3, 0.4) is 0 Å². The van der Waals surface area contributed by atoms with Gasteiger partial charge >= 0.3 is 6.03 Å². The summed E-state index contributed by atoms with van der Waals surface area (Å²) in [6.07, 6.45) is 3.34. The SMILES string of the molecule is CCC(O)(CNS(=O)(=O)CCCCN1CCC(=O)NC1=O)c1ccc(F)c(OCC2CC2)c1. The summed E-state index contributed by atoms with van der Waals surface area (Å²) in [5, 5.41) is 13.3. The van der Waals surface area contributed by atoms with Crippen LogP contribution >= 0.6 is 0 Å². The van der Waals surface area contributed by atoms with Gasteiger partial charge < -0.3 is 14.7 Å². The lowest BCUT2D eigenvalue weighted by Gasteiger charge is -2.28. The van der Waals surface area contributed by atoms with Crippen LogP contribution in [0.15, 0.2) is 18.2 Å². The Labute approximate surface area is 193 Å². The van der Waals surface area contributed by atoms with Crippen molar-refractivity contribution in [1.29, 1.82) is 0 Å². The summed E-state index contributed by atoms with van der Waals surface area (Å²) in [5.41, 5.74) is -1.14. The maximum Gasteiger partial charge on any atom is 0.324 e. The first-order chi connectivity index (χ1) is 15.6. The summed E-state index contributed by atoms with van der Waals surface area (Å²) >= 11 is 0. The van der Waals surface area contributed by atoms with Crippen molar-refractivity contribution in [2.24, 2.45) is 5.92 Å². The van der Waals surface area contributed by atoms with Crippen LogP contribution in [0.25, 0.3) is 0 Å². The van der Waals surface area contributed by atoms with Crippen molar-refractivity contribution >= 4 is 22.0 Å². The highest BCUT2D eigenvalue weighted by atomic mass is 32.2. The van der Waals surface area contributed by atoms with Crippen molar-refractivity contribution in [3.05, 3.63) is 29.6 Å². The second kappa shape index (κ2) is 10.8. The van der Waals surface area contributed by atoms with Gasteiger partial charge in [0.15, 0.2) is 11.6 Å². The predicted octanol–water partition coefficient (Wildman–Crippen LogP) is 1.85. The lowest BCUT2D eigenvalue weighted by atomic mass is 9.91. The monoisotopic (exact) mass is 485 g/mol. The van der Waals surface area contributed by atoms with Crippen LogP contribution in [0.1, 0.15) is 51.0 Å². The number of rotatable bonds is 13. The van der Waals surface area contributed by atoms with Gasteiger partial charge in [-0.25, -0.2) is 22.3 Å². The molecule has 1 saturated heterocycles. The number of ether oxygens (including phenoxy) is 1. The molecular weight excluding hydrogens is 453 g/mol. The Hall–Kier alpha value is -2.24. The molecule has 1 atom stereocenters. The van der Waals surface area contributed by atoms with Crippen LogP contribution in [0, 0.1) is 11.7 Å². The highest BCUT2D eigenvalue weighted by Crippen LogP contribution is 2.32. The summed E-state index contributed by atoms with van der Waals surface area (Å²) in [7, 11) is -3.68. The Bertz CT molecular complexity index is 969. The Balaban J connectivity index is 1.50. The van der Waals surface area contributed by atoms with Gasteiger partial charge in [-0.15, -0.1) is 0 Å². The van der Waals surface area contributed by atoms with E-state index in [9.17, 15) is 27.5 Å². The fraction of sp³-hybridized carbons (Fsp3) is 0.636. The maximum atomic E-state index is 14.1. The van der Waals surface area contributed by atoms with E-state index in [1.807, 2.05) is 0 Å². The van der Waals surface area contributed by atoms with E-state index in [1.54, 1.807) is 6.92 Å². The first-order valence-electron chi connectivity index (χ1n) is 11.3. The highest BCUT2D eigenvalue weighted by Gasteiger charge is 2.31. The molecule has 11 heteroatoms. The number of carbonyl (C=O) groups excluding carboxylic acids is 2. The minimum Gasteiger partial charge on any atom is -0.490 e. The first-order valence-corrected chi connectivity index (χ1v) is 13.0. The molecule has 0 aromatic heterocycles. The van der Waals surface area contributed by atoms with Gasteiger partial charge in [-0.05, 0) is 55.7 Å². The normalized spacial score (nSPS) is 18.7. The van der Waals surface area contributed by atoms with E-state index in [0.29, 0.717) is 44.0 Å². The fourth-order valence-corrected chi connectivity index (χ4v) is 4.72. The number of hydrogen-bond donors (Lipinski definition) is 3. The Kier molecular flexibility index (Phi) is 8.30. The van der Waals surface area contributed by atoms with E-state index in [2.05, 4.69) is 10.0 Å². The van der Waals surface area contributed by atoms with Gasteiger partial charge in [0, 0.05) is 26.1 Å². The second-order valence-corrected chi connectivity index (χ2v) is 10.6. The zero-order valence-corrected chi connectivity index (χ0v) is 19.6. The number of hydrogen-bond acceptors (Lipinski definition) is 6. The minimum absolute atomic E-state index is 0.0533.